The lowest BCUT2D eigenvalue weighted by Crippen LogP contribution is -2.30. The van der Waals surface area contributed by atoms with Gasteiger partial charge < -0.3 is 4.74 Å². The number of benzene rings is 2. The van der Waals surface area contributed by atoms with E-state index in [0.29, 0.717) is 13.1 Å². The molecule has 1 aromatic heterocycles. The molecule has 0 amide bonds. The number of carbonyl (C=O) groups is 2. The van der Waals surface area contributed by atoms with Gasteiger partial charge in [-0.3, -0.25) is 4.79 Å². The fraction of sp³-hybridized carbons (Fsp3) is 0.333. The number of azo groups is 1. The number of nitrogens with zero attached hydrogens (tertiary/aromatic N) is 5. The molecule has 10 nitrogen and oxygen atoms in total. The molecule has 0 fully saturated rings. The Morgan fingerprint density at radius 3 is 2.33 bits per heavy atom. The van der Waals surface area contributed by atoms with Crippen LogP contribution in [0.5, 0.6) is 0 Å². The van der Waals surface area contributed by atoms with E-state index in [1.165, 1.54) is 16.4 Å². The summed E-state index contributed by atoms with van der Waals surface area (Å²) in [5.74, 6) is -1.39. The van der Waals surface area contributed by atoms with Crippen LogP contribution in [0, 0.1) is 0 Å². The van der Waals surface area contributed by atoms with Crippen LogP contribution >= 0.6 is 11.7 Å². The largest absolute Gasteiger partial charge is 0.464 e. The molecule has 0 aliphatic carbocycles. The first-order valence-corrected chi connectivity index (χ1v) is 12.4. The summed E-state index contributed by atoms with van der Waals surface area (Å²) < 4.78 is 40.6. The minimum atomic E-state index is -3.78. The zero-order valence-electron chi connectivity index (χ0n) is 18.3. The van der Waals surface area contributed by atoms with Gasteiger partial charge in [-0.05, 0) is 19.1 Å². The van der Waals surface area contributed by atoms with Crippen LogP contribution in [0.2, 0.25) is 0 Å². The van der Waals surface area contributed by atoms with E-state index < -0.39 is 27.8 Å². The summed E-state index contributed by atoms with van der Waals surface area (Å²) in [5, 5.41) is 8.02. The van der Waals surface area contributed by atoms with E-state index in [4.69, 9.17) is 4.74 Å². The van der Waals surface area contributed by atoms with Crippen LogP contribution in [0.3, 0.4) is 0 Å². The maximum atomic E-state index is 13.0. The first-order chi connectivity index (χ1) is 15.8. The molecule has 0 aliphatic rings. The van der Waals surface area contributed by atoms with Gasteiger partial charge in [0.25, 0.3) is 0 Å². The number of ether oxygens (including phenoxy) is 1. The average Bonchev–Trinajstić information content (AvgIpc) is 3.30. The second-order valence-electron chi connectivity index (χ2n) is 6.73. The van der Waals surface area contributed by atoms with Gasteiger partial charge >= 0.3 is 5.97 Å². The topological polar surface area (TPSA) is 131 Å². The molecular weight excluding hydrogens is 466 g/mol. The first kappa shape index (κ1) is 24.6. The molecule has 0 saturated carbocycles. The molecule has 3 rings (SSSR count). The van der Waals surface area contributed by atoms with Gasteiger partial charge in [-0.2, -0.15) is 23.3 Å². The zero-order valence-corrected chi connectivity index (χ0v) is 20.0. The summed E-state index contributed by atoms with van der Waals surface area (Å²) in [6.07, 6.45) is 0. The predicted octanol–water partition coefficient (Wildman–Crippen LogP) is 3.62. The Balaban J connectivity index is 2.02. The first-order valence-electron chi connectivity index (χ1n) is 10.3. The average molecular weight is 490 g/mol. The second-order valence-corrected chi connectivity index (χ2v) is 9.17. The molecular formula is C21H23N5O5S2. The monoisotopic (exact) mass is 489 g/mol. The highest BCUT2D eigenvalue weighted by Gasteiger charge is 2.30. The molecule has 0 N–H and O–H groups in total. The minimum Gasteiger partial charge on any atom is -0.464 e. The highest BCUT2D eigenvalue weighted by Crippen LogP contribution is 2.32. The minimum absolute atomic E-state index is 0.0104. The Labute approximate surface area is 195 Å². The third kappa shape index (κ3) is 5.13. The Morgan fingerprint density at radius 1 is 1.03 bits per heavy atom. The van der Waals surface area contributed by atoms with Gasteiger partial charge in [0, 0.05) is 18.7 Å². The van der Waals surface area contributed by atoms with Crippen molar-refractivity contribution in [2.24, 2.45) is 10.2 Å². The smallest absolute Gasteiger partial charge is 0.341 e. The van der Waals surface area contributed by atoms with Crippen molar-refractivity contribution in [2.75, 3.05) is 19.7 Å². The van der Waals surface area contributed by atoms with Crippen molar-refractivity contribution in [2.45, 2.75) is 31.7 Å². The highest BCUT2D eigenvalue weighted by molar-refractivity contribution is 7.89. The molecule has 0 radical (unpaired) electrons. The van der Waals surface area contributed by atoms with Crippen molar-refractivity contribution in [3.8, 4) is 0 Å². The SMILES string of the molecule is CCOC(=O)C(/N=N/c1ccc(S(=O)(=O)N(CC)CC)c2nsnc12)C(=O)c1ccccc1. The van der Waals surface area contributed by atoms with Gasteiger partial charge in [0.15, 0.2) is 0 Å². The normalized spacial score (nSPS) is 13.0. The number of esters is 1. The Kier molecular flexibility index (Phi) is 7.95. The van der Waals surface area contributed by atoms with E-state index in [2.05, 4.69) is 19.0 Å². The lowest BCUT2D eigenvalue weighted by molar-refractivity contribution is -0.143. The van der Waals surface area contributed by atoms with Gasteiger partial charge in [-0.15, -0.1) is 0 Å². The maximum absolute atomic E-state index is 13.0. The Hall–Kier alpha value is -3.09. The highest BCUT2D eigenvalue weighted by atomic mass is 32.2. The second kappa shape index (κ2) is 10.7. The summed E-state index contributed by atoms with van der Waals surface area (Å²) >= 11 is 0.833. The van der Waals surface area contributed by atoms with Crippen LogP contribution in [-0.2, 0) is 19.6 Å². The number of aromatic nitrogens is 2. The molecule has 2 aromatic carbocycles. The van der Waals surface area contributed by atoms with Crippen molar-refractivity contribution in [1.82, 2.24) is 13.1 Å². The number of carbonyl (C=O) groups excluding carboxylic acids is 2. The van der Waals surface area contributed by atoms with Crippen LogP contribution in [0.1, 0.15) is 31.1 Å². The van der Waals surface area contributed by atoms with Crippen molar-refractivity contribution in [3.63, 3.8) is 0 Å². The molecule has 1 unspecified atom stereocenters. The number of hydrogen-bond acceptors (Lipinski definition) is 10. The summed E-state index contributed by atoms with van der Waals surface area (Å²) in [6.45, 7) is 5.81. The maximum Gasteiger partial charge on any atom is 0.341 e. The zero-order chi connectivity index (χ0) is 24.0. The standard InChI is InChI=1S/C21H23N5O5S2/c1-4-26(5-2)33(29,30)16-13-12-15(17-18(16)25-32-24-17)22-23-19(21(28)31-6-3)20(27)14-10-8-7-9-11-14/h7-13,19H,4-6H2,1-3H3/b23-22+. The van der Waals surface area contributed by atoms with E-state index in [1.807, 2.05) is 0 Å². The van der Waals surface area contributed by atoms with Gasteiger partial charge in [-0.1, -0.05) is 44.2 Å². The molecule has 3 aromatic rings. The quantitative estimate of drug-likeness (QED) is 0.184. The Morgan fingerprint density at radius 2 is 1.70 bits per heavy atom. The molecule has 0 spiro atoms. The fourth-order valence-electron chi connectivity index (χ4n) is 3.13. The summed E-state index contributed by atoms with van der Waals surface area (Å²) in [4.78, 5) is 25.3. The summed E-state index contributed by atoms with van der Waals surface area (Å²) in [6, 6.07) is 9.53. The van der Waals surface area contributed by atoms with Gasteiger partial charge in [-0.25, -0.2) is 13.2 Å². The molecule has 1 atom stereocenters. The number of Topliss-reactive ketones (excluding diaryl/α,β-unsaturated/α-hetero) is 1. The van der Waals surface area contributed by atoms with Crippen molar-refractivity contribution >= 4 is 50.2 Å². The predicted molar refractivity (Wildman–Crippen MR) is 123 cm³/mol. The fourth-order valence-corrected chi connectivity index (χ4v) is 5.34. The summed E-state index contributed by atoms with van der Waals surface area (Å²) in [7, 11) is -3.78. The van der Waals surface area contributed by atoms with Crippen LogP contribution in [0.25, 0.3) is 11.0 Å². The molecule has 174 valence electrons. The Bertz CT molecular complexity index is 1270. The number of ketones is 1. The molecule has 0 saturated heterocycles. The van der Waals surface area contributed by atoms with Crippen molar-refractivity contribution in [1.29, 1.82) is 0 Å². The van der Waals surface area contributed by atoms with Crippen LogP contribution in [0.4, 0.5) is 5.69 Å². The van der Waals surface area contributed by atoms with Gasteiger partial charge in [0.1, 0.15) is 21.6 Å². The van der Waals surface area contributed by atoms with E-state index >= 15 is 0 Å². The molecule has 33 heavy (non-hydrogen) atoms. The lowest BCUT2D eigenvalue weighted by atomic mass is 10.1. The number of sulfonamides is 1. The van der Waals surface area contributed by atoms with Crippen LogP contribution in [0.15, 0.2) is 57.6 Å². The van der Waals surface area contributed by atoms with Gasteiger partial charge in [0.2, 0.25) is 21.8 Å². The van der Waals surface area contributed by atoms with Gasteiger partial charge in [0.05, 0.1) is 18.3 Å². The van der Waals surface area contributed by atoms with Crippen molar-refractivity contribution < 1.29 is 22.7 Å². The summed E-state index contributed by atoms with van der Waals surface area (Å²) in [5.41, 5.74) is 0.847. The molecule has 1 heterocycles. The van der Waals surface area contributed by atoms with Crippen LogP contribution < -0.4 is 0 Å². The number of hydrogen-bond donors (Lipinski definition) is 0. The molecule has 12 heteroatoms. The van der Waals surface area contributed by atoms with Crippen LogP contribution in [-0.4, -0.2) is 59.0 Å². The van der Waals surface area contributed by atoms with E-state index in [9.17, 15) is 18.0 Å². The third-order valence-electron chi connectivity index (χ3n) is 4.78. The third-order valence-corrected chi connectivity index (χ3v) is 7.39. The van der Waals surface area contributed by atoms with E-state index in [1.54, 1.807) is 51.1 Å². The van der Waals surface area contributed by atoms with E-state index in [-0.39, 0.29) is 33.8 Å². The number of fused-ring (bicyclic) bond motifs is 1. The number of rotatable bonds is 10. The molecule has 0 bridgehead atoms. The van der Waals surface area contributed by atoms with E-state index in [0.717, 1.165) is 11.7 Å². The van der Waals surface area contributed by atoms with Crippen molar-refractivity contribution in [3.05, 3.63) is 48.0 Å². The molecule has 0 aliphatic heterocycles. The lowest BCUT2D eigenvalue weighted by Gasteiger charge is -2.18.